The molecule has 2 fully saturated rings. The average molecular weight is 315 g/mol. The van der Waals surface area contributed by atoms with E-state index < -0.39 is 0 Å². The van der Waals surface area contributed by atoms with Crippen LogP contribution in [-0.4, -0.2) is 30.0 Å². The van der Waals surface area contributed by atoms with Crippen molar-refractivity contribution in [2.45, 2.75) is 38.1 Å². The van der Waals surface area contributed by atoms with E-state index in [2.05, 4.69) is 32.7 Å². The van der Waals surface area contributed by atoms with Crippen molar-refractivity contribution in [1.29, 1.82) is 0 Å². The number of piperidine rings is 1. The first-order valence-electron chi connectivity index (χ1n) is 8.19. The van der Waals surface area contributed by atoms with Crippen LogP contribution in [0.25, 0.3) is 10.2 Å². The molecule has 0 radical (unpaired) electrons. The van der Waals surface area contributed by atoms with Crippen molar-refractivity contribution in [2.24, 2.45) is 5.92 Å². The number of carbonyl (C=O) groups excluding carboxylic acids is 1. The number of thiophene rings is 1. The van der Waals surface area contributed by atoms with Crippen LogP contribution in [0.4, 0.5) is 5.69 Å². The molecule has 1 amide bonds. The fourth-order valence-corrected chi connectivity index (χ4v) is 4.26. The van der Waals surface area contributed by atoms with Gasteiger partial charge in [0.1, 0.15) is 0 Å². The molecule has 3 heterocycles. The Balaban J connectivity index is 1.39. The normalized spacial score (nSPS) is 20.1. The summed E-state index contributed by atoms with van der Waals surface area (Å²) in [5.41, 5.74) is 2.38. The predicted molar refractivity (Wildman–Crippen MR) is 90.3 cm³/mol. The Morgan fingerprint density at radius 1 is 1.23 bits per heavy atom. The van der Waals surface area contributed by atoms with Gasteiger partial charge in [0.2, 0.25) is 5.91 Å². The highest BCUT2D eigenvalue weighted by Crippen LogP contribution is 2.32. The van der Waals surface area contributed by atoms with Crippen LogP contribution in [0.3, 0.4) is 0 Å². The molecular formula is C17H21N3OS. The summed E-state index contributed by atoms with van der Waals surface area (Å²) in [4.78, 5) is 18.9. The molecule has 2 aromatic rings. The number of pyridine rings is 1. The summed E-state index contributed by atoms with van der Waals surface area (Å²) in [5.74, 6) is 0.582. The van der Waals surface area contributed by atoms with Gasteiger partial charge in [-0.2, -0.15) is 0 Å². The second kappa shape index (κ2) is 5.88. The third-order valence-electron chi connectivity index (χ3n) is 4.98. The molecule has 1 aliphatic heterocycles. The highest BCUT2D eigenvalue weighted by molar-refractivity contribution is 7.17. The minimum Gasteiger partial charge on any atom is -0.370 e. The van der Waals surface area contributed by atoms with Crippen molar-refractivity contribution in [3.8, 4) is 0 Å². The Morgan fingerprint density at radius 2 is 2.05 bits per heavy atom. The summed E-state index contributed by atoms with van der Waals surface area (Å²) >= 11 is 1.76. The van der Waals surface area contributed by atoms with Crippen LogP contribution >= 0.6 is 11.3 Å². The Morgan fingerprint density at radius 3 is 2.77 bits per heavy atom. The molecule has 1 saturated heterocycles. The van der Waals surface area contributed by atoms with Crippen LogP contribution in [-0.2, 0) is 4.79 Å². The topological polar surface area (TPSA) is 45.2 Å². The minimum absolute atomic E-state index is 0.286. The standard InChI is InChI=1S/C17H21N3OS/c21-17(12-2-1-3-12)19-13-5-9-20(10-6-13)15-4-8-18-14-7-11-22-16(14)15/h4,7-8,11-13H,1-3,5-6,9-10H2,(H,19,21). The molecule has 2 aromatic heterocycles. The molecule has 5 heteroatoms. The predicted octanol–water partition coefficient (Wildman–Crippen LogP) is 3.18. The lowest BCUT2D eigenvalue weighted by atomic mass is 9.84. The molecule has 1 N–H and O–H groups in total. The number of hydrogen-bond donors (Lipinski definition) is 1. The van der Waals surface area contributed by atoms with Crippen LogP contribution in [0.2, 0.25) is 0 Å². The van der Waals surface area contributed by atoms with E-state index in [4.69, 9.17) is 0 Å². The van der Waals surface area contributed by atoms with E-state index in [-0.39, 0.29) is 5.91 Å². The maximum atomic E-state index is 12.1. The highest BCUT2D eigenvalue weighted by atomic mass is 32.1. The molecule has 116 valence electrons. The van der Waals surface area contributed by atoms with Crippen molar-refractivity contribution in [1.82, 2.24) is 10.3 Å². The van der Waals surface area contributed by atoms with E-state index in [0.29, 0.717) is 12.0 Å². The van der Waals surface area contributed by atoms with Gasteiger partial charge in [0.15, 0.2) is 0 Å². The lowest BCUT2D eigenvalue weighted by molar-refractivity contribution is -0.128. The minimum atomic E-state index is 0.286. The smallest absolute Gasteiger partial charge is 0.223 e. The molecule has 22 heavy (non-hydrogen) atoms. The number of carbonyl (C=O) groups is 1. The maximum absolute atomic E-state index is 12.1. The van der Waals surface area contributed by atoms with Crippen molar-refractivity contribution >= 4 is 33.1 Å². The molecule has 0 spiro atoms. The summed E-state index contributed by atoms with van der Waals surface area (Å²) in [7, 11) is 0. The summed E-state index contributed by atoms with van der Waals surface area (Å²) < 4.78 is 1.28. The monoisotopic (exact) mass is 315 g/mol. The number of nitrogens with zero attached hydrogens (tertiary/aromatic N) is 2. The van der Waals surface area contributed by atoms with Gasteiger partial charge >= 0.3 is 0 Å². The molecular weight excluding hydrogens is 294 g/mol. The highest BCUT2D eigenvalue weighted by Gasteiger charge is 2.28. The lowest BCUT2D eigenvalue weighted by Gasteiger charge is -2.35. The summed E-state index contributed by atoms with van der Waals surface area (Å²) in [6, 6.07) is 4.55. The van der Waals surface area contributed by atoms with Gasteiger partial charge in [-0.05, 0) is 43.2 Å². The van der Waals surface area contributed by atoms with Gasteiger partial charge in [-0.25, -0.2) is 0 Å². The molecule has 4 rings (SSSR count). The Bertz CT molecular complexity index is 671. The number of nitrogens with one attached hydrogen (secondary N) is 1. The van der Waals surface area contributed by atoms with Gasteiger partial charge in [-0.3, -0.25) is 9.78 Å². The van der Waals surface area contributed by atoms with Crippen LogP contribution in [0, 0.1) is 5.92 Å². The van der Waals surface area contributed by atoms with Crippen molar-refractivity contribution in [3.05, 3.63) is 23.7 Å². The van der Waals surface area contributed by atoms with E-state index in [1.165, 1.54) is 16.8 Å². The molecule has 1 aliphatic carbocycles. The van der Waals surface area contributed by atoms with Crippen LogP contribution in [0.15, 0.2) is 23.7 Å². The molecule has 0 bridgehead atoms. The molecule has 4 nitrogen and oxygen atoms in total. The second-order valence-electron chi connectivity index (χ2n) is 6.36. The number of aromatic nitrogens is 1. The van der Waals surface area contributed by atoms with Gasteiger partial charge in [0, 0.05) is 31.2 Å². The molecule has 0 atom stereocenters. The maximum Gasteiger partial charge on any atom is 0.223 e. The Hall–Kier alpha value is -1.62. The van der Waals surface area contributed by atoms with Crippen LogP contribution in [0.5, 0.6) is 0 Å². The van der Waals surface area contributed by atoms with Crippen LogP contribution in [0.1, 0.15) is 32.1 Å². The first-order valence-corrected chi connectivity index (χ1v) is 9.07. The summed E-state index contributed by atoms with van der Waals surface area (Å²) in [5, 5.41) is 5.35. The van der Waals surface area contributed by atoms with Crippen molar-refractivity contribution in [3.63, 3.8) is 0 Å². The largest absolute Gasteiger partial charge is 0.370 e. The first-order chi connectivity index (χ1) is 10.8. The lowest BCUT2D eigenvalue weighted by Crippen LogP contribution is -2.47. The van der Waals surface area contributed by atoms with Gasteiger partial charge in [-0.15, -0.1) is 11.3 Å². The molecule has 0 aromatic carbocycles. The number of rotatable bonds is 3. The van der Waals surface area contributed by atoms with Gasteiger partial charge < -0.3 is 10.2 Å². The van der Waals surface area contributed by atoms with Gasteiger partial charge in [-0.1, -0.05) is 6.42 Å². The van der Waals surface area contributed by atoms with Gasteiger partial charge in [0.05, 0.1) is 15.9 Å². The number of fused-ring (bicyclic) bond motifs is 1. The quantitative estimate of drug-likeness (QED) is 0.946. The van der Waals surface area contributed by atoms with E-state index in [9.17, 15) is 4.79 Å². The van der Waals surface area contributed by atoms with E-state index in [1.807, 2.05) is 6.20 Å². The molecule has 2 aliphatic rings. The first kappa shape index (κ1) is 14.0. The molecule has 1 saturated carbocycles. The SMILES string of the molecule is O=C(NC1CCN(c2ccnc3ccsc23)CC1)C1CCC1. The van der Waals surface area contributed by atoms with E-state index >= 15 is 0 Å². The second-order valence-corrected chi connectivity index (χ2v) is 7.28. The summed E-state index contributed by atoms with van der Waals surface area (Å²) in [6.45, 7) is 2.01. The fourth-order valence-electron chi connectivity index (χ4n) is 3.36. The fraction of sp³-hybridized carbons (Fsp3) is 0.529. The van der Waals surface area contributed by atoms with Crippen molar-refractivity contribution < 1.29 is 4.79 Å². The Kier molecular flexibility index (Phi) is 3.74. The van der Waals surface area contributed by atoms with Gasteiger partial charge in [0.25, 0.3) is 0 Å². The number of hydrogen-bond acceptors (Lipinski definition) is 4. The number of amides is 1. The Labute approximate surface area is 134 Å². The summed E-state index contributed by atoms with van der Waals surface area (Å²) in [6.07, 6.45) is 7.35. The average Bonchev–Trinajstić information content (AvgIpc) is 2.94. The van der Waals surface area contributed by atoms with Crippen LogP contribution < -0.4 is 10.2 Å². The van der Waals surface area contributed by atoms with E-state index in [1.54, 1.807) is 11.3 Å². The van der Waals surface area contributed by atoms with Crippen molar-refractivity contribution in [2.75, 3.05) is 18.0 Å². The number of anilines is 1. The molecule has 0 unspecified atom stereocenters. The zero-order chi connectivity index (χ0) is 14.9. The van der Waals surface area contributed by atoms with E-state index in [0.717, 1.165) is 44.3 Å². The third kappa shape index (κ3) is 2.58. The zero-order valence-electron chi connectivity index (χ0n) is 12.6. The zero-order valence-corrected chi connectivity index (χ0v) is 13.4. The third-order valence-corrected chi connectivity index (χ3v) is 5.91.